The molecule has 0 aliphatic rings. The van der Waals surface area contributed by atoms with Crippen molar-refractivity contribution in [2.24, 2.45) is 5.73 Å². The summed E-state index contributed by atoms with van der Waals surface area (Å²) in [7, 11) is 1.77. The van der Waals surface area contributed by atoms with Crippen LogP contribution in [0.5, 0.6) is 0 Å². The van der Waals surface area contributed by atoms with Gasteiger partial charge in [-0.3, -0.25) is 0 Å². The van der Waals surface area contributed by atoms with Gasteiger partial charge < -0.3 is 10.6 Å². The fraction of sp³-hybridized carbons (Fsp3) is 0.133. The average molecular weight is 292 g/mol. The summed E-state index contributed by atoms with van der Waals surface area (Å²) in [5.74, 6) is -0.755. The maximum Gasteiger partial charge on any atom is 0.135 e. The molecule has 0 aliphatic carbocycles. The van der Waals surface area contributed by atoms with Crippen LogP contribution >= 0.6 is 12.2 Å². The first-order valence-corrected chi connectivity index (χ1v) is 6.43. The molecule has 0 saturated heterocycles. The zero-order valence-electron chi connectivity index (χ0n) is 10.9. The third kappa shape index (κ3) is 3.11. The van der Waals surface area contributed by atoms with Crippen molar-refractivity contribution in [3.8, 4) is 0 Å². The van der Waals surface area contributed by atoms with Gasteiger partial charge in [-0.15, -0.1) is 0 Å². The average Bonchev–Trinajstić information content (AvgIpc) is 2.40. The van der Waals surface area contributed by atoms with Crippen LogP contribution in [0.1, 0.15) is 11.1 Å². The normalized spacial score (nSPS) is 10.3. The van der Waals surface area contributed by atoms with Crippen molar-refractivity contribution in [1.29, 1.82) is 0 Å². The number of anilines is 1. The standard InChI is InChI=1S/C15H14F2N2S/c1-19(9-10-4-2-3-5-13(10)16)11-6-7-12(15(18)20)14(17)8-11/h2-8H,9H2,1H3,(H2,18,20). The van der Waals surface area contributed by atoms with Gasteiger partial charge in [0.05, 0.1) is 0 Å². The van der Waals surface area contributed by atoms with E-state index in [1.54, 1.807) is 36.2 Å². The smallest absolute Gasteiger partial charge is 0.135 e. The summed E-state index contributed by atoms with van der Waals surface area (Å²) < 4.78 is 27.4. The van der Waals surface area contributed by atoms with Gasteiger partial charge in [0.2, 0.25) is 0 Å². The van der Waals surface area contributed by atoms with E-state index in [9.17, 15) is 8.78 Å². The molecule has 0 amide bonds. The molecule has 2 nitrogen and oxygen atoms in total. The van der Waals surface area contributed by atoms with Crippen molar-refractivity contribution >= 4 is 22.9 Å². The van der Waals surface area contributed by atoms with Gasteiger partial charge in [-0.2, -0.15) is 0 Å². The van der Waals surface area contributed by atoms with Crippen molar-refractivity contribution in [2.45, 2.75) is 6.54 Å². The lowest BCUT2D eigenvalue weighted by molar-refractivity contribution is 0.607. The van der Waals surface area contributed by atoms with Gasteiger partial charge in [0, 0.05) is 30.4 Å². The molecule has 0 unspecified atom stereocenters. The lowest BCUT2D eigenvalue weighted by atomic mass is 10.1. The van der Waals surface area contributed by atoms with Gasteiger partial charge >= 0.3 is 0 Å². The zero-order chi connectivity index (χ0) is 14.7. The lowest BCUT2D eigenvalue weighted by Gasteiger charge is -2.20. The molecule has 5 heteroatoms. The molecular formula is C15H14F2N2S. The molecule has 2 aromatic rings. The maximum absolute atomic E-state index is 13.8. The van der Waals surface area contributed by atoms with E-state index in [0.717, 1.165) is 0 Å². The van der Waals surface area contributed by atoms with E-state index in [2.05, 4.69) is 0 Å². The molecule has 0 atom stereocenters. The van der Waals surface area contributed by atoms with E-state index in [-0.39, 0.29) is 16.4 Å². The Morgan fingerprint density at radius 1 is 1.15 bits per heavy atom. The van der Waals surface area contributed by atoms with Crippen molar-refractivity contribution in [3.63, 3.8) is 0 Å². The highest BCUT2D eigenvalue weighted by Gasteiger charge is 2.10. The molecule has 0 radical (unpaired) electrons. The largest absolute Gasteiger partial charge is 0.389 e. The van der Waals surface area contributed by atoms with Crippen molar-refractivity contribution in [1.82, 2.24) is 0 Å². The lowest BCUT2D eigenvalue weighted by Crippen LogP contribution is -2.18. The van der Waals surface area contributed by atoms with Gasteiger partial charge in [0.25, 0.3) is 0 Å². The number of benzene rings is 2. The molecule has 0 spiro atoms. The number of nitrogens with two attached hydrogens (primary N) is 1. The molecule has 2 aromatic carbocycles. The van der Waals surface area contributed by atoms with Gasteiger partial charge in [-0.05, 0) is 24.3 Å². The highest BCUT2D eigenvalue weighted by molar-refractivity contribution is 7.80. The van der Waals surface area contributed by atoms with Gasteiger partial charge in [0.1, 0.15) is 16.6 Å². The van der Waals surface area contributed by atoms with Crippen LogP contribution < -0.4 is 10.6 Å². The Balaban J connectivity index is 2.22. The Kier molecular flexibility index (Phi) is 4.29. The SMILES string of the molecule is CN(Cc1ccccc1F)c1ccc(C(N)=S)c(F)c1. The summed E-state index contributed by atoms with van der Waals surface area (Å²) in [5.41, 5.74) is 6.80. The second kappa shape index (κ2) is 5.96. The van der Waals surface area contributed by atoms with Crippen molar-refractivity contribution in [2.75, 3.05) is 11.9 Å². The van der Waals surface area contributed by atoms with Crippen molar-refractivity contribution in [3.05, 3.63) is 65.2 Å². The molecule has 0 aliphatic heterocycles. The summed E-state index contributed by atoms with van der Waals surface area (Å²) in [6.07, 6.45) is 0. The first kappa shape index (κ1) is 14.4. The Bertz CT molecular complexity index is 644. The number of rotatable bonds is 4. The molecule has 2 N–H and O–H groups in total. The van der Waals surface area contributed by atoms with Crippen LogP contribution in [0, 0.1) is 11.6 Å². The molecule has 0 bridgehead atoms. The van der Waals surface area contributed by atoms with Crippen LogP contribution in [0.15, 0.2) is 42.5 Å². The summed E-state index contributed by atoms with van der Waals surface area (Å²) in [4.78, 5) is 1.77. The minimum atomic E-state index is -0.476. The summed E-state index contributed by atoms with van der Waals surface area (Å²) in [6, 6.07) is 11.1. The van der Waals surface area contributed by atoms with E-state index < -0.39 is 5.82 Å². The predicted molar refractivity (Wildman–Crippen MR) is 80.8 cm³/mol. The Labute approximate surface area is 121 Å². The molecule has 0 heterocycles. The fourth-order valence-electron chi connectivity index (χ4n) is 1.91. The molecular weight excluding hydrogens is 278 g/mol. The molecule has 20 heavy (non-hydrogen) atoms. The monoisotopic (exact) mass is 292 g/mol. The molecule has 0 fully saturated rings. The highest BCUT2D eigenvalue weighted by atomic mass is 32.1. The molecule has 0 saturated carbocycles. The van der Waals surface area contributed by atoms with Crippen LogP contribution in [0.4, 0.5) is 14.5 Å². The number of halogens is 2. The van der Waals surface area contributed by atoms with Gasteiger partial charge in [0.15, 0.2) is 0 Å². The van der Waals surface area contributed by atoms with E-state index in [4.69, 9.17) is 18.0 Å². The van der Waals surface area contributed by atoms with Crippen LogP contribution in [0.2, 0.25) is 0 Å². The highest BCUT2D eigenvalue weighted by Crippen LogP contribution is 2.20. The third-order valence-corrected chi connectivity index (χ3v) is 3.24. The number of nitrogens with zero attached hydrogens (tertiary/aromatic N) is 1. The molecule has 104 valence electrons. The first-order chi connectivity index (χ1) is 9.49. The Morgan fingerprint density at radius 2 is 1.85 bits per heavy atom. The quantitative estimate of drug-likeness (QED) is 0.877. The third-order valence-electron chi connectivity index (χ3n) is 3.02. The first-order valence-electron chi connectivity index (χ1n) is 6.03. The van der Waals surface area contributed by atoms with E-state index in [1.165, 1.54) is 18.2 Å². The van der Waals surface area contributed by atoms with E-state index in [1.807, 2.05) is 0 Å². The number of hydrogen-bond acceptors (Lipinski definition) is 2. The van der Waals surface area contributed by atoms with Crippen molar-refractivity contribution < 1.29 is 8.78 Å². The Hall–Kier alpha value is -2.01. The summed E-state index contributed by atoms with van der Waals surface area (Å²) in [5, 5.41) is 0. The zero-order valence-corrected chi connectivity index (χ0v) is 11.8. The topological polar surface area (TPSA) is 29.3 Å². The van der Waals surface area contributed by atoms with E-state index in [0.29, 0.717) is 17.8 Å². The van der Waals surface area contributed by atoms with E-state index >= 15 is 0 Å². The van der Waals surface area contributed by atoms with Gasteiger partial charge in [-0.25, -0.2) is 8.78 Å². The predicted octanol–water partition coefficient (Wildman–Crippen LogP) is 3.24. The second-order valence-corrected chi connectivity index (χ2v) is 4.92. The number of hydrogen-bond donors (Lipinski definition) is 1. The maximum atomic E-state index is 13.8. The van der Waals surface area contributed by atoms with Crippen LogP contribution in [0.3, 0.4) is 0 Å². The minimum absolute atomic E-state index is 0.0193. The summed E-state index contributed by atoms with van der Waals surface area (Å²) >= 11 is 4.76. The summed E-state index contributed by atoms with van der Waals surface area (Å²) in [6.45, 7) is 0.346. The van der Waals surface area contributed by atoms with Crippen LogP contribution in [-0.4, -0.2) is 12.0 Å². The fourth-order valence-corrected chi connectivity index (χ4v) is 2.08. The number of thiocarbonyl (C=S) groups is 1. The minimum Gasteiger partial charge on any atom is -0.389 e. The second-order valence-electron chi connectivity index (χ2n) is 4.48. The van der Waals surface area contributed by atoms with Crippen LogP contribution in [0.25, 0.3) is 0 Å². The van der Waals surface area contributed by atoms with Crippen LogP contribution in [-0.2, 0) is 6.54 Å². The Morgan fingerprint density at radius 3 is 2.45 bits per heavy atom. The molecule has 0 aromatic heterocycles. The molecule has 2 rings (SSSR count). The van der Waals surface area contributed by atoms with Gasteiger partial charge in [-0.1, -0.05) is 30.4 Å².